The van der Waals surface area contributed by atoms with Crippen LogP contribution in [0.4, 0.5) is 10.1 Å². The zero-order chi connectivity index (χ0) is 19.5. The van der Waals surface area contributed by atoms with Crippen molar-refractivity contribution in [2.24, 2.45) is 0 Å². The van der Waals surface area contributed by atoms with Crippen LogP contribution in [0.2, 0.25) is 0 Å². The Morgan fingerprint density at radius 3 is 2.61 bits per heavy atom. The molecule has 1 aromatic heterocycles. The van der Waals surface area contributed by atoms with E-state index in [2.05, 4.69) is 10.3 Å². The molecule has 0 saturated heterocycles. The van der Waals surface area contributed by atoms with E-state index < -0.39 is 5.82 Å². The lowest BCUT2D eigenvalue weighted by Crippen LogP contribution is -2.20. The van der Waals surface area contributed by atoms with Gasteiger partial charge in [0.25, 0.3) is 5.91 Å². The molecule has 0 aliphatic heterocycles. The molecule has 0 spiro atoms. The van der Waals surface area contributed by atoms with Gasteiger partial charge in [0.2, 0.25) is 5.89 Å². The SMILES string of the molecule is Cc1ccccc1OCC(=O)Nc1ccc(-c2nc3cccc(F)c3o2)cc1. The van der Waals surface area contributed by atoms with Crippen LogP contribution in [0.1, 0.15) is 5.56 Å². The van der Waals surface area contributed by atoms with Crippen LogP contribution >= 0.6 is 0 Å². The topological polar surface area (TPSA) is 64.4 Å². The minimum atomic E-state index is -0.450. The summed E-state index contributed by atoms with van der Waals surface area (Å²) < 4.78 is 24.8. The summed E-state index contributed by atoms with van der Waals surface area (Å²) in [5.74, 6) is 0.283. The van der Waals surface area contributed by atoms with Crippen LogP contribution in [0.5, 0.6) is 5.75 Å². The number of anilines is 1. The lowest BCUT2D eigenvalue weighted by molar-refractivity contribution is -0.118. The molecule has 4 aromatic rings. The largest absolute Gasteiger partial charge is 0.483 e. The van der Waals surface area contributed by atoms with Crippen molar-refractivity contribution in [2.75, 3.05) is 11.9 Å². The number of carbonyl (C=O) groups excluding carboxylic acids is 1. The number of hydrogen-bond acceptors (Lipinski definition) is 4. The number of aromatic nitrogens is 1. The summed E-state index contributed by atoms with van der Waals surface area (Å²) in [6, 6.07) is 19.1. The molecule has 1 heterocycles. The number of nitrogens with one attached hydrogen (secondary N) is 1. The average Bonchev–Trinajstić information content (AvgIpc) is 3.14. The van der Waals surface area contributed by atoms with Crippen molar-refractivity contribution in [3.63, 3.8) is 0 Å². The molecule has 0 saturated carbocycles. The fraction of sp³-hybridized carbons (Fsp3) is 0.0909. The van der Waals surface area contributed by atoms with Gasteiger partial charge in [0.05, 0.1) is 0 Å². The highest BCUT2D eigenvalue weighted by Crippen LogP contribution is 2.26. The summed E-state index contributed by atoms with van der Waals surface area (Å²) in [5.41, 5.74) is 2.85. The predicted molar refractivity (Wildman–Crippen MR) is 105 cm³/mol. The number of rotatable bonds is 5. The van der Waals surface area contributed by atoms with E-state index in [0.29, 0.717) is 28.4 Å². The number of ether oxygens (including phenoxy) is 1. The van der Waals surface area contributed by atoms with Gasteiger partial charge in [-0.15, -0.1) is 0 Å². The highest BCUT2D eigenvalue weighted by Gasteiger charge is 2.12. The van der Waals surface area contributed by atoms with Crippen molar-refractivity contribution in [1.82, 2.24) is 4.98 Å². The summed E-state index contributed by atoms with van der Waals surface area (Å²) in [6.45, 7) is 1.83. The number of para-hydroxylation sites is 2. The van der Waals surface area contributed by atoms with Gasteiger partial charge in [-0.1, -0.05) is 24.3 Å². The smallest absolute Gasteiger partial charge is 0.262 e. The van der Waals surface area contributed by atoms with Crippen molar-refractivity contribution in [1.29, 1.82) is 0 Å². The number of fused-ring (bicyclic) bond motifs is 1. The Morgan fingerprint density at radius 2 is 1.86 bits per heavy atom. The molecule has 4 rings (SSSR count). The molecule has 0 radical (unpaired) electrons. The molecule has 0 bridgehead atoms. The van der Waals surface area contributed by atoms with Gasteiger partial charge in [0, 0.05) is 11.3 Å². The van der Waals surface area contributed by atoms with Crippen LogP contribution in [0.15, 0.2) is 71.1 Å². The molecule has 0 aliphatic rings. The summed E-state index contributed by atoms with van der Waals surface area (Å²) in [4.78, 5) is 16.4. The molecule has 28 heavy (non-hydrogen) atoms. The van der Waals surface area contributed by atoms with Crippen molar-refractivity contribution in [3.8, 4) is 17.2 Å². The number of halogens is 1. The first-order chi connectivity index (χ1) is 13.6. The van der Waals surface area contributed by atoms with Gasteiger partial charge in [-0.25, -0.2) is 9.37 Å². The van der Waals surface area contributed by atoms with E-state index in [0.717, 1.165) is 5.56 Å². The van der Waals surface area contributed by atoms with E-state index >= 15 is 0 Å². The van der Waals surface area contributed by atoms with Gasteiger partial charge in [-0.2, -0.15) is 0 Å². The van der Waals surface area contributed by atoms with Gasteiger partial charge in [-0.3, -0.25) is 4.79 Å². The van der Waals surface area contributed by atoms with E-state index in [-0.39, 0.29) is 18.1 Å². The number of hydrogen-bond donors (Lipinski definition) is 1. The first-order valence-corrected chi connectivity index (χ1v) is 8.74. The Balaban J connectivity index is 1.42. The van der Waals surface area contributed by atoms with Crippen LogP contribution in [0, 0.1) is 12.7 Å². The summed E-state index contributed by atoms with van der Waals surface area (Å²) in [7, 11) is 0. The lowest BCUT2D eigenvalue weighted by Gasteiger charge is -2.09. The highest BCUT2D eigenvalue weighted by molar-refractivity contribution is 5.92. The number of oxazole rings is 1. The minimum Gasteiger partial charge on any atom is -0.483 e. The molecule has 6 heteroatoms. The Bertz CT molecular complexity index is 1140. The van der Waals surface area contributed by atoms with E-state index in [1.807, 2.05) is 31.2 Å². The highest BCUT2D eigenvalue weighted by atomic mass is 19.1. The monoisotopic (exact) mass is 376 g/mol. The number of carbonyl (C=O) groups is 1. The fourth-order valence-corrected chi connectivity index (χ4v) is 2.79. The van der Waals surface area contributed by atoms with Crippen LogP contribution < -0.4 is 10.1 Å². The Kier molecular flexibility index (Phi) is 4.76. The number of aryl methyl sites for hydroxylation is 1. The second-order valence-electron chi connectivity index (χ2n) is 6.29. The molecule has 0 aliphatic carbocycles. The average molecular weight is 376 g/mol. The predicted octanol–water partition coefficient (Wildman–Crippen LogP) is 4.96. The molecule has 1 amide bonds. The Hall–Kier alpha value is -3.67. The number of nitrogens with zero attached hydrogens (tertiary/aromatic N) is 1. The van der Waals surface area contributed by atoms with Crippen molar-refractivity contribution < 1.29 is 18.3 Å². The number of amides is 1. The maximum atomic E-state index is 13.7. The molecule has 0 fully saturated rings. The third-order valence-electron chi connectivity index (χ3n) is 4.23. The van der Waals surface area contributed by atoms with Crippen LogP contribution in [-0.2, 0) is 4.79 Å². The van der Waals surface area contributed by atoms with Crippen LogP contribution in [0.25, 0.3) is 22.6 Å². The number of benzene rings is 3. The second kappa shape index (κ2) is 7.52. The molecule has 5 nitrogen and oxygen atoms in total. The molecule has 0 unspecified atom stereocenters. The quantitative estimate of drug-likeness (QED) is 0.535. The Morgan fingerprint density at radius 1 is 1.07 bits per heavy atom. The first kappa shape index (κ1) is 17.7. The summed E-state index contributed by atoms with van der Waals surface area (Å²) in [6.07, 6.45) is 0. The molecular formula is C22H17FN2O3. The van der Waals surface area contributed by atoms with Crippen LogP contribution in [-0.4, -0.2) is 17.5 Å². The van der Waals surface area contributed by atoms with Gasteiger partial charge < -0.3 is 14.5 Å². The molecular weight excluding hydrogens is 359 g/mol. The molecule has 3 aromatic carbocycles. The molecule has 0 atom stereocenters. The molecule has 140 valence electrons. The van der Waals surface area contributed by atoms with Crippen LogP contribution in [0.3, 0.4) is 0 Å². The van der Waals surface area contributed by atoms with Crippen molar-refractivity contribution in [2.45, 2.75) is 6.92 Å². The zero-order valence-corrected chi connectivity index (χ0v) is 15.1. The molecule has 1 N–H and O–H groups in total. The van der Waals surface area contributed by atoms with E-state index in [1.165, 1.54) is 6.07 Å². The summed E-state index contributed by atoms with van der Waals surface area (Å²) >= 11 is 0. The Labute approximate surface area is 160 Å². The van der Waals surface area contributed by atoms with Gasteiger partial charge >= 0.3 is 0 Å². The van der Waals surface area contributed by atoms with Crippen molar-refractivity contribution in [3.05, 3.63) is 78.1 Å². The third-order valence-corrected chi connectivity index (χ3v) is 4.23. The maximum Gasteiger partial charge on any atom is 0.262 e. The second-order valence-corrected chi connectivity index (χ2v) is 6.29. The summed E-state index contributed by atoms with van der Waals surface area (Å²) in [5, 5.41) is 2.77. The van der Waals surface area contributed by atoms with Gasteiger partial charge in [0.15, 0.2) is 18.0 Å². The van der Waals surface area contributed by atoms with Gasteiger partial charge in [-0.05, 0) is 55.0 Å². The van der Waals surface area contributed by atoms with Crippen molar-refractivity contribution >= 4 is 22.7 Å². The third kappa shape index (κ3) is 3.71. The van der Waals surface area contributed by atoms with E-state index in [9.17, 15) is 9.18 Å². The first-order valence-electron chi connectivity index (χ1n) is 8.74. The maximum absolute atomic E-state index is 13.7. The normalized spacial score (nSPS) is 10.8. The van der Waals surface area contributed by atoms with Gasteiger partial charge in [0.1, 0.15) is 11.3 Å². The standard InChI is InChI=1S/C22H17FN2O3/c1-14-5-2-3-8-19(14)27-13-20(26)24-16-11-9-15(10-12-16)22-25-18-7-4-6-17(23)21(18)28-22/h2-12H,13H2,1H3,(H,24,26). The zero-order valence-electron chi connectivity index (χ0n) is 15.1. The fourth-order valence-electron chi connectivity index (χ4n) is 2.79. The van der Waals surface area contributed by atoms with E-state index in [4.69, 9.17) is 9.15 Å². The van der Waals surface area contributed by atoms with E-state index in [1.54, 1.807) is 36.4 Å². The lowest BCUT2D eigenvalue weighted by atomic mass is 10.2. The minimum absolute atomic E-state index is 0.0863.